The monoisotopic (exact) mass is 344 g/mol. The Morgan fingerprint density at radius 3 is 2.84 bits per heavy atom. The smallest absolute Gasteiger partial charge is 0.317 e. The third-order valence-electron chi connectivity index (χ3n) is 5.28. The van der Waals surface area contributed by atoms with Crippen LogP contribution >= 0.6 is 0 Å². The molecular formula is C19H28N4O2. The normalized spacial score (nSPS) is 23.2. The van der Waals surface area contributed by atoms with Crippen molar-refractivity contribution >= 4 is 17.6 Å². The summed E-state index contributed by atoms with van der Waals surface area (Å²) in [5.74, 6) is 0.367. The van der Waals surface area contributed by atoms with E-state index in [0.29, 0.717) is 19.5 Å². The lowest BCUT2D eigenvalue weighted by molar-refractivity contribution is -0.119. The van der Waals surface area contributed by atoms with Gasteiger partial charge in [-0.05, 0) is 31.4 Å². The van der Waals surface area contributed by atoms with Crippen LogP contribution in [0.5, 0.6) is 0 Å². The van der Waals surface area contributed by atoms with Crippen LogP contribution in [0, 0.1) is 5.92 Å². The van der Waals surface area contributed by atoms with E-state index in [4.69, 9.17) is 0 Å². The highest BCUT2D eigenvalue weighted by Gasteiger charge is 2.36. The van der Waals surface area contributed by atoms with Crippen LogP contribution in [-0.2, 0) is 4.79 Å². The number of benzene rings is 1. The zero-order valence-corrected chi connectivity index (χ0v) is 14.9. The van der Waals surface area contributed by atoms with Crippen LogP contribution in [0.15, 0.2) is 30.3 Å². The number of carbonyl (C=O) groups excluding carboxylic acids is 2. The number of piperidine rings is 1. The minimum Gasteiger partial charge on any atom is -0.373 e. The molecule has 6 heteroatoms. The molecule has 2 aliphatic heterocycles. The fourth-order valence-corrected chi connectivity index (χ4v) is 3.84. The standard InChI is InChI=1S/C19H28N4O2/c1-22(16-7-3-2-4-8-16)12-10-20-19(25)23-11-6-5-9-17(23)15-13-18(24)21-14-15/h2-4,7-8,15,17H,5-6,9-14H2,1H3,(H,20,25)(H,21,24)/t15-,17-/m1/s1. The number of nitrogens with one attached hydrogen (secondary N) is 2. The molecule has 2 fully saturated rings. The van der Waals surface area contributed by atoms with E-state index >= 15 is 0 Å². The van der Waals surface area contributed by atoms with Crippen molar-refractivity contribution in [3.63, 3.8) is 0 Å². The Bertz CT molecular complexity index is 592. The third kappa shape index (κ3) is 4.44. The number of hydrogen-bond acceptors (Lipinski definition) is 3. The molecule has 0 unspecified atom stereocenters. The van der Waals surface area contributed by atoms with Gasteiger partial charge in [-0.3, -0.25) is 4.79 Å². The lowest BCUT2D eigenvalue weighted by Crippen LogP contribution is -2.52. The Kier molecular flexibility index (Phi) is 5.79. The van der Waals surface area contributed by atoms with Gasteiger partial charge in [-0.2, -0.15) is 0 Å². The number of para-hydroxylation sites is 1. The van der Waals surface area contributed by atoms with Crippen molar-refractivity contribution in [2.24, 2.45) is 5.92 Å². The Morgan fingerprint density at radius 1 is 1.32 bits per heavy atom. The van der Waals surface area contributed by atoms with Gasteiger partial charge in [0.15, 0.2) is 0 Å². The number of carbonyl (C=O) groups is 2. The number of amides is 3. The second-order valence-electron chi connectivity index (χ2n) is 7.01. The molecule has 0 spiro atoms. The Hall–Kier alpha value is -2.24. The largest absolute Gasteiger partial charge is 0.373 e. The number of anilines is 1. The summed E-state index contributed by atoms with van der Waals surface area (Å²) in [5.41, 5.74) is 1.14. The number of hydrogen-bond donors (Lipinski definition) is 2. The molecule has 25 heavy (non-hydrogen) atoms. The van der Waals surface area contributed by atoms with Crippen LogP contribution < -0.4 is 15.5 Å². The van der Waals surface area contributed by atoms with Crippen LogP contribution in [-0.4, -0.2) is 56.1 Å². The van der Waals surface area contributed by atoms with E-state index in [-0.39, 0.29) is 23.9 Å². The molecule has 0 radical (unpaired) electrons. The lowest BCUT2D eigenvalue weighted by Gasteiger charge is -2.38. The molecule has 2 heterocycles. The average molecular weight is 344 g/mol. The number of rotatable bonds is 5. The van der Waals surface area contributed by atoms with Crippen molar-refractivity contribution < 1.29 is 9.59 Å². The van der Waals surface area contributed by atoms with Crippen LogP contribution in [0.1, 0.15) is 25.7 Å². The Labute approximate surface area is 149 Å². The number of likely N-dealkylation sites (tertiary alicyclic amines) is 1. The van der Waals surface area contributed by atoms with E-state index in [1.807, 2.05) is 30.1 Å². The van der Waals surface area contributed by atoms with Crippen molar-refractivity contribution in [3.05, 3.63) is 30.3 Å². The molecule has 0 aliphatic carbocycles. The highest BCUT2D eigenvalue weighted by atomic mass is 16.2. The second-order valence-corrected chi connectivity index (χ2v) is 7.01. The molecule has 2 saturated heterocycles. The molecule has 136 valence electrons. The molecule has 0 aromatic heterocycles. The molecule has 0 saturated carbocycles. The molecule has 1 aromatic rings. The van der Waals surface area contributed by atoms with E-state index in [2.05, 4.69) is 27.7 Å². The van der Waals surface area contributed by atoms with Crippen molar-refractivity contribution in [1.29, 1.82) is 0 Å². The molecule has 2 N–H and O–H groups in total. The highest BCUT2D eigenvalue weighted by Crippen LogP contribution is 2.27. The van der Waals surface area contributed by atoms with Crippen LogP contribution in [0.2, 0.25) is 0 Å². The van der Waals surface area contributed by atoms with E-state index in [1.165, 1.54) is 0 Å². The molecule has 6 nitrogen and oxygen atoms in total. The second kappa shape index (κ2) is 8.23. The molecule has 2 atom stereocenters. The van der Waals surface area contributed by atoms with Gasteiger partial charge in [0.1, 0.15) is 0 Å². The van der Waals surface area contributed by atoms with Crippen LogP contribution in [0.25, 0.3) is 0 Å². The van der Waals surface area contributed by atoms with Gasteiger partial charge in [0.25, 0.3) is 0 Å². The zero-order chi connectivity index (χ0) is 17.6. The molecule has 2 aliphatic rings. The fraction of sp³-hybridized carbons (Fsp3) is 0.579. The summed E-state index contributed by atoms with van der Waals surface area (Å²) in [6.07, 6.45) is 3.72. The van der Waals surface area contributed by atoms with Gasteiger partial charge < -0.3 is 20.4 Å². The zero-order valence-electron chi connectivity index (χ0n) is 14.9. The minimum absolute atomic E-state index is 0.00510. The first-order valence-corrected chi connectivity index (χ1v) is 9.22. The predicted molar refractivity (Wildman–Crippen MR) is 98.6 cm³/mol. The van der Waals surface area contributed by atoms with Crippen molar-refractivity contribution in [1.82, 2.24) is 15.5 Å². The first-order valence-electron chi connectivity index (χ1n) is 9.22. The lowest BCUT2D eigenvalue weighted by atomic mass is 9.90. The van der Waals surface area contributed by atoms with E-state index in [1.54, 1.807) is 0 Å². The Morgan fingerprint density at radius 2 is 2.12 bits per heavy atom. The minimum atomic E-state index is 0.00510. The van der Waals surface area contributed by atoms with Crippen LogP contribution in [0.3, 0.4) is 0 Å². The van der Waals surface area contributed by atoms with Crippen molar-refractivity contribution in [3.8, 4) is 0 Å². The first kappa shape index (κ1) is 17.6. The van der Waals surface area contributed by atoms with Crippen molar-refractivity contribution in [2.45, 2.75) is 31.7 Å². The molecule has 0 bridgehead atoms. The van der Waals surface area contributed by atoms with E-state index < -0.39 is 0 Å². The Balaban J connectivity index is 1.50. The topological polar surface area (TPSA) is 64.7 Å². The molecule has 3 rings (SSSR count). The summed E-state index contributed by atoms with van der Waals surface area (Å²) >= 11 is 0. The van der Waals surface area contributed by atoms with Crippen molar-refractivity contribution in [2.75, 3.05) is 38.1 Å². The van der Waals surface area contributed by atoms with E-state index in [9.17, 15) is 9.59 Å². The number of likely N-dealkylation sites (N-methyl/N-ethyl adjacent to an activating group) is 1. The summed E-state index contributed by atoms with van der Waals surface area (Å²) in [5, 5.41) is 5.96. The van der Waals surface area contributed by atoms with Gasteiger partial charge in [0.05, 0.1) is 0 Å². The van der Waals surface area contributed by atoms with Gasteiger partial charge in [-0.1, -0.05) is 18.2 Å². The highest BCUT2D eigenvalue weighted by molar-refractivity contribution is 5.79. The number of urea groups is 1. The SMILES string of the molecule is CN(CCNC(=O)N1CCCC[C@@H]1[C@H]1CNC(=O)C1)c1ccccc1. The summed E-state index contributed by atoms with van der Waals surface area (Å²) < 4.78 is 0. The maximum atomic E-state index is 12.7. The summed E-state index contributed by atoms with van der Waals surface area (Å²) in [7, 11) is 2.03. The predicted octanol–water partition coefficient (Wildman–Crippen LogP) is 1.82. The van der Waals surface area contributed by atoms with Crippen LogP contribution in [0.4, 0.5) is 10.5 Å². The third-order valence-corrected chi connectivity index (χ3v) is 5.28. The number of nitrogens with zero attached hydrogens (tertiary/aromatic N) is 2. The average Bonchev–Trinajstić information content (AvgIpc) is 3.08. The van der Waals surface area contributed by atoms with Gasteiger partial charge in [-0.25, -0.2) is 4.79 Å². The molecule has 3 amide bonds. The van der Waals surface area contributed by atoms with E-state index in [0.717, 1.165) is 38.0 Å². The van der Waals surface area contributed by atoms with Gasteiger partial charge in [0, 0.05) is 57.3 Å². The fourth-order valence-electron chi connectivity index (χ4n) is 3.84. The summed E-state index contributed by atoms with van der Waals surface area (Å²) in [6, 6.07) is 10.3. The van der Waals surface area contributed by atoms with Gasteiger partial charge in [0.2, 0.25) is 5.91 Å². The summed E-state index contributed by atoms with van der Waals surface area (Å²) in [6.45, 7) is 2.85. The maximum absolute atomic E-state index is 12.7. The summed E-state index contributed by atoms with van der Waals surface area (Å²) in [4.78, 5) is 28.3. The maximum Gasteiger partial charge on any atom is 0.317 e. The van der Waals surface area contributed by atoms with Gasteiger partial charge in [-0.15, -0.1) is 0 Å². The molecule has 1 aromatic carbocycles. The quantitative estimate of drug-likeness (QED) is 0.856. The molecular weight excluding hydrogens is 316 g/mol. The first-order chi connectivity index (χ1) is 12.1. The van der Waals surface area contributed by atoms with Gasteiger partial charge >= 0.3 is 6.03 Å².